The highest BCUT2D eigenvalue weighted by Gasteiger charge is 2.01. The van der Waals surface area contributed by atoms with E-state index in [2.05, 4.69) is 9.98 Å². The van der Waals surface area contributed by atoms with Crippen LogP contribution in [0.3, 0.4) is 0 Å². The highest BCUT2D eigenvalue weighted by atomic mass is 35.5. The average Bonchev–Trinajstić information content (AvgIpc) is 2.07. The molecular weight excluding hydrogens is 176 g/mol. The Kier molecular flexibility index (Phi) is 4.93. The summed E-state index contributed by atoms with van der Waals surface area (Å²) in [6, 6.07) is 5.32. The monoisotopic (exact) mass is 184 g/mol. The van der Waals surface area contributed by atoms with Crippen LogP contribution in [0.5, 0.6) is 0 Å². The quantitative estimate of drug-likeness (QED) is 0.521. The van der Waals surface area contributed by atoms with Crippen LogP contribution in [0.25, 0.3) is 0 Å². The highest BCUT2D eigenvalue weighted by molar-refractivity contribution is 5.85. The SMILES string of the molecule is CC(N=C=O)c1ccccn1.Cl. The third kappa shape index (κ3) is 2.82. The second kappa shape index (κ2) is 5.47. The van der Waals surface area contributed by atoms with Gasteiger partial charge in [0.05, 0.1) is 5.69 Å². The highest BCUT2D eigenvalue weighted by Crippen LogP contribution is 2.11. The molecule has 1 aromatic heterocycles. The zero-order valence-corrected chi connectivity index (χ0v) is 7.41. The molecular formula is C8H9ClN2O. The summed E-state index contributed by atoms with van der Waals surface area (Å²) in [6.45, 7) is 1.80. The lowest BCUT2D eigenvalue weighted by Crippen LogP contribution is -1.91. The number of aromatic nitrogens is 1. The molecule has 0 aliphatic carbocycles. The van der Waals surface area contributed by atoms with Crippen molar-refractivity contribution < 1.29 is 4.79 Å². The molecule has 1 atom stereocenters. The van der Waals surface area contributed by atoms with Gasteiger partial charge in [0.25, 0.3) is 0 Å². The molecule has 4 heteroatoms. The summed E-state index contributed by atoms with van der Waals surface area (Å²) < 4.78 is 0. The first-order valence-electron chi connectivity index (χ1n) is 3.32. The van der Waals surface area contributed by atoms with Crippen molar-refractivity contribution in [2.75, 3.05) is 0 Å². The number of rotatable bonds is 2. The van der Waals surface area contributed by atoms with Crippen molar-refractivity contribution in [2.24, 2.45) is 4.99 Å². The number of pyridine rings is 1. The van der Waals surface area contributed by atoms with Crippen molar-refractivity contribution in [3.05, 3.63) is 30.1 Å². The van der Waals surface area contributed by atoms with Crippen molar-refractivity contribution in [2.45, 2.75) is 13.0 Å². The summed E-state index contributed by atoms with van der Waals surface area (Å²) in [5.74, 6) is 0. The molecule has 0 amide bonds. The van der Waals surface area contributed by atoms with Gasteiger partial charge in [0.1, 0.15) is 6.04 Å². The number of carbonyl (C=O) groups excluding carboxylic acids is 1. The van der Waals surface area contributed by atoms with E-state index in [9.17, 15) is 4.79 Å². The molecule has 0 aliphatic heterocycles. The van der Waals surface area contributed by atoms with Gasteiger partial charge in [-0.3, -0.25) is 4.98 Å². The van der Waals surface area contributed by atoms with Crippen LogP contribution in [0, 0.1) is 0 Å². The van der Waals surface area contributed by atoms with Gasteiger partial charge in [0.2, 0.25) is 6.08 Å². The van der Waals surface area contributed by atoms with E-state index in [-0.39, 0.29) is 18.4 Å². The van der Waals surface area contributed by atoms with Gasteiger partial charge in [-0.1, -0.05) is 6.07 Å². The fraction of sp³-hybridized carbons (Fsp3) is 0.250. The van der Waals surface area contributed by atoms with Gasteiger partial charge in [0.15, 0.2) is 0 Å². The lowest BCUT2D eigenvalue weighted by atomic mass is 10.2. The van der Waals surface area contributed by atoms with Gasteiger partial charge in [0, 0.05) is 6.20 Å². The molecule has 0 aliphatic rings. The Bertz CT molecular complexity index is 270. The van der Waals surface area contributed by atoms with Crippen molar-refractivity contribution in [1.82, 2.24) is 4.98 Å². The van der Waals surface area contributed by atoms with E-state index in [0.717, 1.165) is 5.69 Å². The van der Waals surface area contributed by atoms with Gasteiger partial charge in [-0.05, 0) is 19.1 Å². The standard InChI is InChI=1S/C8H8N2O.ClH/c1-7(10-6-11)8-4-2-3-5-9-8;/h2-5,7H,1H3;1H. The molecule has 0 fully saturated rings. The summed E-state index contributed by atoms with van der Waals surface area (Å²) in [5, 5.41) is 0. The number of hydrogen-bond acceptors (Lipinski definition) is 3. The largest absolute Gasteiger partial charge is 0.259 e. The predicted octanol–water partition coefficient (Wildman–Crippen LogP) is 1.90. The molecule has 12 heavy (non-hydrogen) atoms. The lowest BCUT2D eigenvalue weighted by Gasteiger charge is -2.00. The second-order valence-corrected chi connectivity index (χ2v) is 2.15. The summed E-state index contributed by atoms with van der Waals surface area (Å²) in [4.78, 5) is 17.4. The van der Waals surface area contributed by atoms with Crippen molar-refractivity contribution >= 4 is 18.5 Å². The minimum Gasteiger partial charge on any atom is -0.259 e. The van der Waals surface area contributed by atoms with Crippen molar-refractivity contribution in [1.29, 1.82) is 0 Å². The molecule has 1 unspecified atom stereocenters. The first-order valence-corrected chi connectivity index (χ1v) is 3.32. The van der Waals surface area contributed by atoms with Crippen LogP contribution in [-0.2, 0) is 4.79 Å². The normalized spacial score (nSPS) is 10.8. The van der Waals surface area contributed by atoms with Crippen LogP contribution >= 0.6 is 12.4 Å². The van der Waals surface area contributed by atoms with Gasteiger partial charge >= 0.3 is 0 Å². The van der Waals surface area contributed by atoms with Crippen LogP contribution in [-0.4, -0.2) is 11.1 Å². The number of aliphatic imine (C=N–C) groups is 1. The second-order valence-electron chi connectivity index (χ2n) is 2.15. The zero-order valence-electron chi connectivity index (χ0n) is 6.60. The third-order valence-electron chi connectivity index (χ3n) is 1.36. The minimum absolute atomic E-state index is 0. The van der Waals surface area contributed by atoms with E-state index >= 15 is 0 Å². The lowest BCUT2D eigenvalue weighted by molar-refractivity contribution is 0.559. The van der Waals surface area contributed by atoms with E-state index in [1.54, 1.807) is 13.1 Å². The summed E-state index contributed by atoms with van der Waals surface area (Å²) in [7, 11) is 0. The first kappa shape index (κ1) is 10.8. The van der Waals surface area contributed by atoms with E-state index in [1.807, 2.05) is 18.2 Å². The Hall–Kier alpha value is -1.18. The summed E-state index contributed by atoms with van der Waals surface area (Å²) in [5.41, 5.74) is 0.788. The maximum absolute atomic E-state index is 9.87. The number of hydrogen-bond donors (Lipinski definition) is 0. The molecule has 0 radical (unpaired) electrons. The molecule has 1 heterocycles. The molecule has 1 rings (SSSR count). The van der Waals surface area contributed by atoms with E-state index < -0.39 is 0 Å². The van der Waals surface area contributed by atoms with Crippen LogP contribution in [0.4, 0.5) is 0 Å². The minimum atomic E-state index is -0.186. The van der Waals surface area contributed by atoms with Gasteiger partial charge in [-0.25, -0.2) is 4.79 Å². The number of isocyanates is 1. The van der Waals surface area contributed by atoms with E-state index in [4.69, 9.17) is 0 Å². The molecule has 0 bridgehead atoms. The van der Waals surface area contributed by atoms with Gasteiger partial charge in [-0.2, -0.15) is 4.99 Å². The van der Waals surface area contributed by atoms with Gasteiger partial charge in [-0.15, -0.1) is 12.4 Å². The average molecular weight is 185 g/mol. The topological polar surface area (TPSA) is 42.3 Å². The summed E-state index contributed by atoms with van der Waals surface area (Å²) in [6.07, 6.45) is 3.17. The Morgan fingerprint density at radius 2 is 2.33 bits per heavy atom. The van der Waals surface area contributed by atoms with Gasteiger partial charge < -0.3 is 0 Å². The molecule has 0 spiro atoms. The Morgan fingerprint density at radius 3 is 2.83 bits per heavy atom. The van der Waals surface area contributed by atoms with Crippen LogP contribution < -0.4 is 0 Å². The smallest absolute Gasteiger partial charge is 0.235 e. The molecule has 1 aromatic rings. The van der Waals surface area contributed by atoms with Crippen LogP contribution in [0.15, 0.2) is 29.4 Å². The van der Waals surface area contributed by atoms with Crippen LogP contribution in [0.1, 0.15) is 18.7 Å². The summed E-state index contributed by atoms with van der Waals surface area (Å²) >= 11 is 0. The van der Waals surface area contributed by atoms with E-state index in [1.165, 1.54) is 6.08 Å². The fourth-order valence-electron chi connectivity index (χ4n) is 0.768. The maximum Gasteiger partial charge on any atom is 0.235 e. The Morgan fingerprint density at radius 1 is 1.58 bits per heavy atom. The molecule has 0 saturated heterocycles. The molecule has 0 N–H and O–H groups in total. The predicted molar refractivity (Wildman–Crippen MR) is 48.0 cm³/mol. The molecule has 0 aromatic carbocycles. The van der Waals surface area contributed by atoms with Crippen molar-refractivity contribution in [3.8, 4) is 0 Å². The van der Waals surface area contributed by atoms with Crippen molar-refractivity contribution in [3.63, 3.8) is 0 Å². The number of halogens is 1. The third-order valence-corrected chi connectivity index (χ3v) is 1.36. The van der Waals surface area contributed by atoms with E-state index in [0.29, 0.717) is 0 Å². The molecule has 3 nitrogen and oxygen atoms in total. The molecule has 64 valence electrons. The number of nitrogens with zero attached hydrogens (tertiary/aromatic N) is 2. The first-order chi connectivity index (χ1) is 5.34. The zero-order chi connectivity index (χ0) is 8.10. The Balaban J connectivity index is 0.00000121. The Labute approximate surface area is 77.0 Å². The maximum atomic E-state index is 9.87. The molecule has 0 saturated carbocycles. The van der Waals surface area contributed by atoms with Crippen LogP contribution in [0.2, 0.25) is 0 Å². The fourth-order valence-corrected chi connectivity index (χ4v) is 0.768.